The predicted molar refractivity (Wildman–Crippen MR) is 119 cm³/mol. The summed E-state index contributed by atoms with van der Waals surface area (Å²) in [6.45, 7) is 0.399. The maximum absolute atomic E-state index is 13.3. The molecular weight excluding hydrogens is 436 g/mol. The Labute approximate surface area is 187 Å². The molecule has 3 N–H and O–H groups in total. The third kappa shape index (κ3) is 3.70. The molecule has 0 bridgehead atoms. The number of hydrogen-bond acceptors (Lipinski definition) is 4. The molecule has 5 rings (SSSR count). The summed E-state index contributed by atoms with van der Waals surface area (Å²) in [7, 11) is 0. The van der Waals surface area contributed by atoms with Crippen LogP contribution in [0.4, 0.5) is 4.79 Å². The summed E-state index contributed by atoms with van der Waals surface area (Å²) in [5.41, 5.74) is 6.89. The Balaban J connectivity index is 1.33. The summed E-state index contributed by atoms with van der Waals surface area (Å²) < 4.78 is 2.04. The molecule has 0 spiro atoms. The Bertz CT molecular complexity index is 1200. The Hall–Kier alpha value is -2.84. The van der Waals surface area contributed by atoms with Gasteiger partial charge in [-0.1, -0.05) is 29.8 Å². The van der Waals surface area contributed by atoms with Gasteiger partial charge in [0.2, 0.25) is 11.8 Å². The van der Waals surface area contributed by atoms with E-state index in [4.69, 9.17) is 17.3 Å². The first-order chi connectivity index (χ1) is 14.9. The van der Waals surface area contributed by atoms with Gasteiger partial charge in [-0.2, -0.15) is 0 Å². The van der Waals surface area contributed by atoms with Crippen LogP contribution in [-0.2, 0) is 22.6 Å². The number of nitrogens with one attached hydrogen (secondary N) is 1. The highest BCUT2D eigenvalue weighted by Gasteiger charge is 2.55. The average molecular weight is 457 g/mol. The predicted octanol–water partition coefficient (Wildman–Crippen LogP) is 3.13. The number of primary amides is 1. The van der Waals surface area contributed by atoms with Crippen molar-refractivity contribution in [2.45, 2.75) is 37.9 Å². The third-order valence-corrected chi connectivity index (χ3v) is 7.37. The lowest BCUT2D eigenvalue weighted by Crippen LogP contribution is -2.48. The van der Waals surface area contributed by atoms with Crippen molar-refractivity contribution in [1.82, 2.24) is 14.8 Å². The van der Waals surface area contributed by atoms with E-state index < -0.39 is 12.1 Å². The lowest BCUT2D eigenvalue weighted by molar-refractivity contribution is -0.139. The van der Waals surface area contributed by atoms with Gasteiger partial charge in [-0.15, -0.1) is 11.3 Å². The van der Waals surface area contributed by atoms with Gasteiger partial charge in [0.15, 0.2) is 0 Å². The molecule has 3 heterocycles. The monoisotopic (exact) mass is 456 g/mol. The van der Waals surface area contributed by atoms with E-state index in [1.54, 1.807) is 23.2 Å². The number of carbonyl (C=O) groups excluding carboxylic acids is 3. The van der Waals surface area contributed by atoms with Crippen LogP contribution < -0.4 is 11.1 Å². The second-order valence-electron chi connectivity index (χ2n) is 8.10. The fourth-order valence-electron chi connectivity index (χ4n) is 4.62. The molecule has 3 amide bonds. The minimum absolute atomic E-state index is 0.100. The van der Waals surface area contributed by atoms with Crippen molar-refractivity contribution in [3.8, 4) is 0 Å². The SMILES string of the molecule is NC(=O)n1cc(CC(=O)N2[C@@H]3C[C@@H]3C[C@H]2C(=O)NCc2ccc(Cl)s2)c2ccccc21. The zero-order valence-electron chi connectivity index (χ0n) is 16.6. The number of piperidine rings is 1. The Kier molecular flexibility index (Phi) is 4.98. The van der Waals surface area contributed by atoms with Crippen LogP contribution in [0.15, 0.2) is 42.6 Å². The first-order valence-electron chi connectivity index (χ1n) is 10.1. The number of likely N-dealkylation sites (tertiary alicyclic amines) is 1. The number of amides is 3. The summed E-state index contributed by atoms with van der Waals surface area (Å²) >= 11 is 7.38. The number of aromatic nitrogens is 1. The Morgan fingerprint density at radius 1 is 1.16 bits per heavy atom. The number of thiophene rings is 1. The van der Waals surface area contributed by atoms with Crippen molar-refractivity contribution < 1.29 is 14.4 Å². The van der Waals surface area contributed by atoms with E-state index in [9.17, 15) is 14.4 Å². The number of rotatable bonds is 5. The number of carbonyl (C=O) groups is 3. The molecule has 31 heavy (non-hydrogen) atoms. The highest BCUT2D eigenvalue weighted by Crippen LogP contribution is 2.48. The molecule has 9 heteroatoms. The van der Waals surface area contributed by atoms with Crippen LogP contribution in [0.1, 0.15) is 23.3 Å². The molecule has 0 radical (unpaired) electrons. The fraction of sp³-hybridized carbons (Fsp3) is 0.318. The van der Waals surface area contributed by atoms with E-state index in [-0.39, 0.29) is 24.3 Å². The molecule has 1 aliphatic carbocycles. The molecule has 3 aromatic rings. The van der Waals surface area contributed by atoms with Crippen LogP contribution >= 0.6 is 22.9 Å². The van der Waals surface area contributed by atoms with Gasteiger partial charge in [-0.25, -0.2) is 4.79 Å². The van der Waals surface area contributed by atoms with E-state index in [0.717, 1.165) is 22.2 Å². The summed E-state index contributed by atoms with van der Waals surface area (Å²) in [4.78, 5) is 40.6. The van der Waals surface area contributed by atoms with E-state index >= 15 is 0 Å². The number of hydrogen-bond donors (Lipinski definition) is 2. The van der Waals surface area contributed by atoms with Crippen LogP contribution in [-0.4, -0.2) is 39.4 Å². The number of nitrogens with zero attached hydrogens (tertiary/aromatic N) is 2. The summed E-state index contributed by atoms with van der Waals surface area (Å²) in [6.07, 6.45) is 3.38. The molecule has 1 saturated heterocycles. The summed E-state index contributed by atoms with van der Waals surface area (Å²) in [6, 6.07) is 10.1. The van der Waals surface area contributed by atoms with E-state index in [1.807, 2.05) is 24.3 Å². The van der Waals surface area contributed by atoms with Gasteiger partial charge in [0.05, 0.1) is 22.8 Å². The van der Waals surface area contributed by atoms with Crippen LogP contribution in [0.3, 0.4) is 0 Å². The minimum Gasteiger partial charge on any atom is -0.351 e. The molecular formula is C22H21ClN4O3S. The average Bonchev–Trinajstić information content (AvgIpc) is 3.08. The van der Waals surface area contributed by atoms with Crippen molar-refractivity contribution in [3.05, 3.63) is 57.4 Å². The highest BCUT2D eigenvalue weighted by molar-refractivity contribution is 7.16. The molecule has 2 fully saturated rings. The summed E-state index contributed by atoms with van der Waals surface area (Å²) in [5, 5.41) is 3.76. The van der Waals surface area contributed by atoms with Gasteiger partial charge < -0.3 is 16.0 Å². The number of fused-ring (bicyclic) bond motifs is 2. The topological polar surface area (TPSA) is 97.4 Å². The van der Waals surface area contributed by atoms with Crippen molar-refractivity contribution >= 4 is 51.7 Å². The third-order valence-electron chi connectivity index (χ3n) is 6.13. The molecule has 1 saturated carbocycles. The van der Waals surface area contributed by atoms with Gasteiger partial charge >= 0.3 is 6.03 Å². The van der Waals surface area contributed by atoms with Gasteiger partial charge in [0.1, 0.15) is 6.04 Å². The molecule has 1 aliphatic heterocycles. The number of nitrogens with two attached hydrogens (primary N) is 1. The first-order valence-corrected chi connectivity index (χ1v) is 11.3. The fourth-order valence-corrected chi connectivity index (χ4v) is 5.64. The van der Waals surface area contributed by atoms with Gasteiger partial charge in [-0.05, 0) is 42.5 Å². The van der Waals surface area contributed by atoms with Gasteiger partial charge in [-0.3, -0.25) is 14.2 Å². The number of halogens is 1. The second kappa shape index (κ2) is 7.69. The maximum atomic E-state index is 13.3. The largest absolute Gasteiger partial charge is 0.351 e. The van der Waals surface area contributed by atoms with Crippen molar-refractivity contribution in [2.24, 2.45) is 11.7 Å². The zero-order chi connectivity index (χ0) is 21.7. The van der Waals surface area contributed by atoms with Crippen molar-refractivity contribution in [2.75, 3.05) is 0 Å². The van der Waals surface area contributed by atoms with Crippen LogP contribution in [0.5, 0.6) is 0 Å². The molecule has 2 aromatic heterocycles. The van der Waals surface area contributed by atoms with Crippen LogP contribution in [0.2, 0.25) is 4.34 Å². The van der Waals surface area contributed by atoms with Gasteiger partial charge in [0, 0.05) is 22.5 Å². The lowest BCUT2D eigenvalue weighted by Gasteiger charge is -2.27. The standard InChI is InChI=1S/C22H21ClN4O3S/c23-19-6-5-14(31-19)10-25-21(29)18-8-12-7-17(12)27(18)20(28)9-13-11-26(22(24)30)16-4-2-1-3-15(13)16/h1-6,11-12,17-18H,7-10H2,(H2,24,30)(H,25,29)/t12-,17-,18+/m1/s1. The maximum Gasteiger partial charge on any atom is 0.323 e. The molecule has 3 atom stereocenters. The molecule has 160 valence electrons. The highest BCUT2D eigenvalue weighted by atomic mass is 35.5. The molecule has 1 aromatic carbocycles. The first kappa shape index (κ1) is 20.1. The molecule has 2 aliphatic rings. The summed E-state index contributed by atoms with van der Waals surface area (Å²) in [5.74, 6) is 0.157. The number of para-hydroxylation sites is 1. The van der Waals surface area contributed by atoms with Crippen LogP contribution in [0.25, 0.3) is 10.9 Å². The Morgan fingerprint density at radius 3 is 2.71 bits per heavy atom. The van der Waals surface area contributed by atoms with Crippen LogP contribution in [0, 0.1) is 5.92 Å². The van der Waals surface area contributed by atoms with E-state index in [2.05, 4.69) is 5.32 Å². The lowest BCUT2D eigenvalue weighted by atomic mass is 10.1. The molecule has 0 unspecified atom stereocenters. The minimum atomic E-state index is -0.593. The number of benzene rings is 1. The normalized spacial score (nSPS) is 21.8. The second-order valence-corrected chi connectivity index (χ2v) is 9.90. The van der Waals surface area contributed by atoms with E-state index in [1.165, 1.54) is 15.9 Å². The zero-order valence-corrected chi connectivity index (χ0v) is 18.2. The quantitative estimate of drug-likeness (QED) is 0.617. The smallest absolute Gasteiger partial charge is 0.323 e. The van der Waals surface area contributed by atoms with Crippen molar-refractivity contribution in [3.63, 3.8) is 0 Å². The van der Waals surface area contributed by atoms with Crippen molar-refractivity contribution in [1.29, 1.82) is 0 Å². The van der Waals surface area contributed by atoms with Gasteiger partial charge in [0.25, 0.3) is 0 Å². The molecule has 7 nitrogen and oxygen atoms in total. The van der Waals surface area contributed by atoms with E-state index in [0.29, 0.717) is 28.7 Å². The Morgan fingerprint density at radius 2 is 1.97 bits per heavy atom.